The highest BCUT2D eigenvalue weighted by Gasteiger charge is 2.35. The van der Waals surface area contributed by atoms with E-state index < -0.39 is 0 Å². The molecule has 0 aromatic carbocycles. The van der Waals surface area contributed by atoms with Crippen molar-refractivity contribution in [2.24, 2.45) is 11.3 Å². The molecule has 0 aromatic heterocycles. The Hall–Kier alpha value is -0.136. The third kappa shape index (κ3) is 8.87. The number of rotatable bonds is 10. The summed E-state index contributed by atoms with van der Waals surface area (Å²) in [5, 5.41) is 0. The molecule has 3 nitrogen and oxygen atoms in total. The van der Waals surface area contributed by atoms with Crippen molar-refractivity contribution in [1.29, 1.82) is 0 Å². The lowest BCUT2D eigenvalue weighted by Crippen LogP contribution is -2.29. The predicted octanol–water partition coefficient (Wildman–Crippen LogP) is 5.59. The van der Waals surface area contributed by atoms with E-state index in [9.17, 15) is 4.79 Å². The van der Waals surface area contributed by atoms with Gasteiger partial charge in [0.1, 0.15) is 0 Å². The Morgan fingerprint density at radius 3 is 2.20 bits per heavy atom. The highest BCUT2D eigenvalue weighted by Crippen LogP contribution is 2.47. The SMILES string of the molecule is CCCC1(CCC)CCC([Si]OC(=O)C(C)C[Si]OC(C)(C)C)CC1. The first-order valence-electron chi connectivity index (χ1n) is 10.1. The van der Waals surface area contributed by atoms with Crippen molar-refractivity contribution < 1.29 is 13.6 Å². The number of carbonyl (C=O) groups is 1. The summed E-state index contributed by atoms with van der Waals surface area (Å²) < 4.78 is 11.4. The van der Waals surface area contributed by atoms with Gasteiger partial charge in [0.25, 0.3) is 5.97 Å². The molecule has 0 bridgehead atoms. The Morgan fingerprint density at radius 1 is 1.16 bits per heavy atom. The summed E-state index contributed by atoms with van der Waals surface area (Å²) in [4.78, 5) is 12.2. The van der Waals surface area contributed by atoms with Crippen LogP contribution in [-0.4, -0.2) is 31.1 Å². The van der Waals surface area contributed by atoms with E-state index >= 15 is 0 Å². The summed E-state index contributed by atoms with van der Waals surface area (Å²) in [6.45, 7) is 12.7. The zero-order chi connectivity index (χ0) is 18.9. The van der Waals surface area contributed by atoms with Gasteiger partial charge in [-0.15, -0.1) is 0 Å². The van der Waals surface area contributed by atoms with Crippen LogP contribution in [0.1, 0.15) is 92.9 Å². The average Bonchev–Trinajstić information content (AvgIpc) is 2.53. The monoisotopic (exact) mass is 382 g/mol. The van der Waals surface area contributed by atoms with E-state index in [4.69, 9.17) is 8.85 Å². The van der Waals surface area contributed by atoms with Gasteiger partial charge in [0, 0.05) is 5.60 Å². The summed E-state index contributed by atoms with van der Waals surface area (Å²) in [5.41, 5.74) is 1.04. The smallest absolute Gasteiger partial charge is 0.318 e. The van der Waals surface area contributed by atoms with Gasteiger partial charge in [0.15, 0.2) is 0 Å². The molecule has 0 N–H and O–H groups in total. The molecular formula is C20H38O3Si2. The minimum Gasteiger partial charge on any atom is -0.516 e. The molecular weight excluding hydrogens is 344 g/mol. The molecule has 0 heterocycles. The summed E-state index contributed by atoms with van der Waals surface area (Å²) in [5.74, 6) is -0.0988. The third-order valence-corrected chi connectivity index (χ3v) is 7.87. The average molecular weight is 383 g/mol. The molecule has 1 atom stereocenters. The normalized spacial score (nSPS) is 19.6. The van der Waals surface area contributed by atoms with Crippen LogP contribution in [0.4, 0.5) is 0 Å². The number of hydrogen-bond donors (Lipinski definition) is 0. The second-order valence-corrected chi connectivity index (χ2v) is 10.9. The Kier molecular flexibility index (Phi) is 9.97. The van der Waals surface area contributed by atoms with Gasteiger partial charge in [-0.05, 0) is 76.3 Å². The maximum Gasteiger partial charge on any atom is 0.318 e. The summed E-state index contributed by atoms with van der Waals surface area (Å²) in [6, 6.07) is 0.765. The van der Waals surface area contributed by atoms with Gasteiger partial charge in [-0.25, -0.2) is 0 Å². The minimum atomic E-state index is -0.130. The van der Waals surface area contributed by atoms with Gasteiger partial charge in [0.2, 0.25) is 9.76 Å². The molecule has 1 unspecified atom stereocenters. The molecule has 1 fully saturated rings. The van der Waals surface area contributed by atoms with Crippen LogP contribution in [0.5, 0.6) is 0 Å². The van der Waals surface area contributed by atoms with E-state index in [0.717, 1.165) is 6.04 Å². The Balaban J connectivity index is 2.28. The van der Waals surface area contributed by atoms with Crippen molar-refractivity contribution in [3.8, 4) is 0 Å². The van der Waals surface area contributed by atoms with E-state index in [0.29, 0.717) is 30.5 Å². The number of carbonyl (C=O) groups excluding carboxylic acids is 1. The van der Waals surface area contributed by atoms with Crippen molar-refractivity contribution in [2.45, 2.75) is 110 Å². The van der Waals surface area contributed by atoms with Gasteiger partial charge in [-0.1, -0.05) is 33.6 Å². The largest absolute Gasteiger partial charge is 0.516 e. The van der Waals surface area contributed by atoms with Gasteiger partial charge < -0.3 is 8.85 Å². The predicted molar refractivity (Wildman–Crippen MR) is 107 cm³/mol. The standard InChI is InChI=1S/C20H38O3Si2/c1-7-11-20(12-8-2)13-9-17(10-14-20)25-22-18(21)16(3)15-24-23-19(4,5)6/h16-17H,7-15H2,1-6H3. The second kappa shape index (κ2) is 10.9. The summed E-state index contributed by atoms with van der Waals surface area (Å²) in [7, 11) is 0.703. The van der Waals surface area contributed by atoms with Crippen molar-refractivity contribution in [3.63, 3.8) is 0 Å². The van der Waals surface area contributed by atoms with Crippen LogP contribution in [0, 0.1) is 11.3 Å². The van der Waals surface area contributed by atoms with Crippen molar-refractivity contribution in [2.75, 3.05) is 0 Å². The van der Waals surface area contributed by atoms with Gasteiger partial charge in [-0.2, -0.15) is 0 Å². The first kappa shape index (κ1) is 22.9. The van der Waals surface area contributed by atoms with Crippen LogP contribution in [0.3, 0.4) is 0 Å². The first-order valence-corrected chi connectivity index (χ1v) is 12.2. The lowest BCUT2D eigenvalue weighted by molar-refractivity contribution is -0.138. The topological polar surface area (TPSA) is 35.5 Å². The van der Waals surface area contributed by atoms with E-state index in [-0.39, 0.29) is 17.5 Å². The Morgan fingerprint density at radius 2 is 1.72 bits per heavy atom. The highest BCUT2D eigenvalue weighted by atomic mass is 28.2. The zero-order valence-corrected chi connectivity index (χ0v) is 19.2. The van der Waals surface area contributed by atoms with Crippen LogP contribution in [-0.2, 0) is 13.6 Å². The van der Waals surface area contributed by atoms with Crippen molar-refractivity contribution in [1.82, 2.24) is 0 Å². The fraction of sp³-hybridized carbons (Fsp3) is 0.950. The molecule has 1 aliphatic rings. The maximum absolute atomic E-state index is 12.2. The van der Waals surface area contributed by atoms with Crippen LogP contribution < -0.4 is 0 Å². The Labute approximate surface area is 160 Å². The van der Waals surface area contributed by atoms with Crippen LogP contribution in [0.25, 0.3) is 0 Å². The minimum absolute atomic E-state index is 0.0395. The highest BCUT2D eigenvalue weighted by molar-refractivity contribution is 6.33. The van der Waals surface area contributed by atoms with Gasteiger partial charge in [0.05, 0.1) is 5.92 Å². The summed E-state index contributed by atoms with van der Waals surface area (Å²) >= 11 is 0. The molecule has 0 saturated heterocycles. The zero-order valence-electron chi connectivity index (χ0n) is 17.2. The molecule has 144 valence electrons. The first-order chi connectivity index (χ1) is 11.7. The second-order valence-electron chi connectivity index (χ2n) is 8.78. The number of hydrogen-bond acceptors (Lipinski definition) is 3. The van der Waals surface area contributed by atoms with E-state index in [1.165, 1.54) is 51.4 Å². The van der Waals surface area contributed by atoms with Crippen LogP contribution in [0.2, 0.25) is 11.6 Å². The molecule has 0 aliphatic heterocycles. The maximum atomic E-state index is 12.2. The van der Waals surface area contributed by atoms with E-state index in [1.807, 2.05) is 27.7 Å². The van der Waals surface area contributed by atoms with Crippen molar-refractivity contribution >= 4 is 25.5 Å². The lowest BCUT2D eigenvalue weighted by atomic mass is 9.68. The van der Waals surface area contributed by atoms with Gasteiger partial charge in [-0.3, -0.25) is 4.79 Å². The molecule has 1 aliphatic carbocycles. The quantitative estimate of drug-likeness (QED) is 0.462. The van der Waals surface area contributed by atoms with Crippen LogP contribution >= 0.6 is 0 Å². The van der Waals surface area contributed by atoms with Crippen molar-refractivity contribution in [3.05, 3.63) is 0 Å². The lowest BCUT2D eigenvalue weighted by Gasteiger charge is -2.40. The van der Waals surface area contributed by atoms with E-state index in [2.05, 4.69) is 13.8 Å². The fourth-order valence-corrected chi connectivity index (χ4v) is 5.68. The van der Waals surface area contributed by atoms with Gasteiger partial charge >= 0.3 is 9.76 Å². The van der Waals surface area contributed by atoms with E-state index in [1.54, 1.807) is 0 Å². The molecule has 0 amide bonds. The Bertz CT molecular complexity index is 377. The fourth-order valence-electron chi connectivity index (χ4n) is 3.74. The molecule has 5 heteroatoms. The molecule has 0 spiro atoms. The molecule has 25 heavy (non-hydrogen) atoms. The van der Waals surface area contributed by atoms with Crippen LogP contribution in [0.15, 0.2) is 0 Å². The summed E-state index contributed by atoms with van der Waals surface area (Å²) in [6.07, 6.45) is 10.4. The molecule has 1 rings (SSSR count). The molecule has 0 aromatic rings. The third-order valence-electron chi connectivity index (χ3n) is 5.10. The molecule has 1 saturated carbocycles. The molecule has 4 radical (unpaired) electrons.